The number of pyridine rings is 1. The van der Waals surface area contributed by atoms with E-state index in [-0.39, 0.29) is 18.2 Å². The number of nitrogens with zero attached hydrogens (tertiary/aromatic N) is 3. The average Bonchev–Trinajstić information content (AvgIpc) is 3.44. The van der Waals surface area contributed by atoms with Gasteiger partial charge in [0.05, 0.1) is 5.69 Å². The third-order valence-corrected chi connectivity index (χ3v) is 6.49. The van der Waals surface area contributed by atoms with E-state index in [1.165, 1.54) is 30.3 Å². The summed E-state index contributed by atoms with van der Waals surface area (Å²) in [6.07, 6.45) is -8.98. The van der Waals surface area contributed by atoms with E-state index in [0.29, 0.717) is 22.6 Å². The summed E-state index contributed by atoms with van der Waals surface area (Å²) in [5, 5.41) is 12.6. The molecule has 3 aromatic carbocycles. The van der Waals surface area contributed by atoms with E-state index in [9.17, 15) is 36.2 Å². The molecular formula is C31H21F6N3O4. The van der Waals surface area contributed by atoms with Crippen molar-refractivity contribution in [2.45, 2.75) is 26.1 Å². The molecule has 0 fully saturated rings. The Morgan fingerprint density at radius 3 is 2.23 bits per heavy atom. The number of benzene rings is 3. The fraction of sp³-hybridized carbons (Fsp3) is 0.129. The van der Waals surface area contributed by atoms with Crippen molar-refractivity contribution >= 4 is 5.97 Å². The molecule has 44 heavy (non-hydrogen) atoms. The zero-order valence-electron chi connectivity index (χ0n) is 22.6. The molecule has 0 radical (unpaired) electrons. The van der Waals surface area contributed by atoms with Gasteiger partial charge in [-0.15, -0.1) is 13.2 Å². The van der Waals surface area contributed by atoms with Gasteiger partial charge in [-0.05, 0) is 65.6 Å². The summed E-state index contributed by atoms with van der Waals surface area (Å²) in [5.74, 6) is -1.68. The highest BCUT2D eigenvalue weighted by Crippen LogP contribution is 2.33. The van der Waals surface area contributed by atoms with Crippen molar-refractivity contribution in [2.24, 2.45) is 0 Å². The number of aryl methyl sites for hydroxylation is 1. The van der Waals surface area contributed by atoms with Crippen molar-refractivity contribution in [3.63, 3.8) is 0 Å². The predicted molar refractivity (Wildman–Crippen MR) is 146 cm³/mol. The number of carbonyl (C=O) groups is 1. The van der Waals surface area contributed by atoms with E-state index in [4.69, 9.17) is 4.74 Å². The molecule has 226 valence electrons. The number of aromatic carboxylic acids is 1. The first-order valence-electron chi connectivity index (χ1n) is 12.8. The van der Waals surface area contributed by atoms with Crippen LogP contribution in [0.5, 0.6) is 11.5 Å². The van der Waals surface area contributed by atoms with Gasteiger partial charge in [-0.3, -0.25) is 0 Å². The van der Waals surface area contributed by atoms with Gasteiger partial charge in [0.1, 0.15) is 23.7 Å². The Labute approximate surface area is 245 Å². The summed E-state index contributed by atoms with van der Waals surface area (Å²) in [6, 6.07) is 22.5. The van der Waals surface area contributed by atoms with Gasteiger partial charge in [0, 0.05) is 11.8 Å². The lowest BCUT2D eigenvalue weighted by molar-refractivity contribution is -0.274. The standard InChI is InChI=1S/C31H21F6N3O4/c1-18-15-20(19-11-13-22(14-12-19)44-31(35,36)37)9-10-21(18)17-43-26-7-3-2-5-23(26)25-6-4-8-27(38-25)40-16-24(29(41)42)28(39-40)30(32,33)34/h2-16H,17H2,1H3,(H,41,42). The zero-order valence-corrected chi connectivity index (χ0v) is 22.6. The number of ether oxygens (including phenoxy) is 2. The topological polar surface area (TPSA) is 86.5 Å². The molecule has 0 unspecified atom stereocenters. The van der Waals surface area contributed by atoms with E-state index in [1.807, 2.05) is 25.1 Å². The summed E-state index contributed by atoms with van der Waals surface area (Å²) < 4.78 is 88.2. The molecule has 7 nitrogen and oxygen atoms in total. The molecule has 0 saturated carbocycles. The second-order valence-electron chi connectivity index (χ2n) is 9.52. The number of hydrogen-bond donors (Lipinski definition) is 1. The fourth-order valence-electron chi connectivity index (χ4n) is 4.40. The molecule has 0 bridgehead atoms. The van der Waals surface area contributed by atoms with Crippen molar-refractivity contribution in [1.82, 2.24) is 14.8 Å². The van der Waals surface area contributed by atoms with Crippen molar-refractivity contribution in [3.05, 3.63) is 114 Å². The number of para-hydroxylation sites is 1. The van der Waals surface area contributed by atoms with Crippen LogP contribution in [0, 0.1) is 6.92 Å². The molecule has 0 amide bonds. The minimum absolute atomic E-state index is 0.0280. The Hall–Kier alpha value is -5.33. The maximum absolute atomic E-state index is 13.3. The number of alkyl halides is 6. The molecule has 5 aromatic rings. The normalized spacial score (nSPS) is 11.8. The summed E-state index contributed by atoms with van der Waals surface area (Å²) in [4.78, 5) is 15.8. The van der Waals surface area contributed by atoms with Gasteiger partial charge in [0.25, 0.3) is 0 Å². The maximum Gasteiger partial charge on any atom is 0.573 e. The second-order valence-corrected chi connectivity index (χ2v) is 9.52. The highest BCUT2D eigenvalue weighted by atomic mass is 19.4. The average molecular weight is 614 g/mol. The Morgan fingerprint density at radius 2 is 1.59 bits per heavy atom. The van der Waals surface area contributed by atoms with Crippen LogP contribution in [0.25, 0.3) is 28.2 Å². The van der Waals surface area contributed by atoms with Crippen LogP contribution in [0.2, 0.25) is 0 Å². The second kappa shape index (κ2) is 11.7. The van der Waals surface area contributed by atoms with Gasteiger partial charge < -0.3 is 14.6 Å². The van der Waals surface area contributed by atoms with Crippen LogP contribution in [0.15, 0.2) is 91.1 Å². The monoisotopic (exact) mass is 613 g/mol. The number of aromatic nitrogens is 3. The third kappa shape index (κ3) is 6.83. The van der Waals surface area contributed by atoms with Crippen LogP contribution in [-0.4, -0.2) is 32.2 Å². The summed E-state index contributed by atoms with van der Waals surface area (Å²) in [5.41, 5.74) is 1.53. The first-order valence-corrected chi connectivity index (χ1v) is 12.8. The quantitative estimate of drug-likeness (QED) is 0.178. The molecule has 0 saturated heterocycles. The minimum Gasteiger partial charge on any atom is -0.488 e. The van der Waals surface area contributed by atoms with E-state index in [0.717, 1.165) is 27.6 Å². The molecule has 0 aliphatic heterocycles. The smallest absolute Gasteiger partial charge is 0.488 e. The Balaban J connectivity index is 1.35. The molecule has 1 N–H and O–H groups in total. The van der Waals surface area contributed by atoms with Gasteiger partial charge in [0.15, 0.2) is 11.5 Å². The lowest BCUT2D eigenvalue weighted by atomic mass is 10.00. The van der Waals surface area contributed by atoms with Crippen molar-refractivity contribution < 1.29 is 45.7 Å². The van der Waals surface area contributed by atoms with Gasteiger partial charge in [0.2, 0.25) is 0 Å². The van der Waals surface area contributed by atoms with E-state index in [1.54, 1.807) is 36.4 Å². The van der Waals surface area contributed by atoms with Crippen LogP contribution in [0.1, 0.15) is 27.2 Å². The maximum atomic E-state index is 13.3. The Bertz CT molecular complexity index is 1810. The Morgan fingerprint density at radius 1 is 0.886 bits per heavy atom. The number of carboxylic acid groups (broad SMARTS) is 1. The SMILES string of the molecule is Cc1cc(-c2ccc(OC(F)(F)F)cc2)ccc1COc1ccccc1-c1cccc(-n2cc(C(=O)O)c(C(F)(F)F)n2)n1. The molecule has 2 heterocycles. The molecule has 0 aliphatic rings. The summed E-state index contributed by atoms with van der Waals surface area (Å²) >= 11 is 0. The molecular weight excluding hydrogens is 592 g/mol. The fourth-order valence-corrected chi connectivity index (χ4v) is 4.40. The van der Waals surface area contributed by atoms with Crippen LogP contribution >= 0.6 is 0 Å². The minimum atomic E-state index is -4.97. The highest BCUT2D eigenvalue weighted by molar-refractivity contribution is 5.89. The number of halogens is 6. The molecule has 0 aliphatic carbocycles. The van der Waals surface area contributed by atoms with E-state index in [2.05, 4.69) is 14.8 Å². The van der Waals surface area contributed by atoms with E-state index >= 15 is 0 Å². The first kappa shape index (κ1) is 30.1. The molecule has 5 rings (SSSR count). The third-order valence-electron chi connectivity index (χ3n) is 6.49. The van der Waals surface area contributed by atoms with Crippen molar-refractivity contribution in [2.75, 3.05) is 0 Å². The first-order chi connectivity index (χ1) is 20.8. The molecule has 0 spiro atoms. The van der Waals surface area contributed by atoms with Crippen molar-refractivity contribution in [1.29, 1.82) is 0 Å². The molecule has 13 heteroatoms. The number of rotatable bonds is 8. The largest absolute Gasteiger partial charge is 0.573 e. The van der Waals surface area contributed by atoms with Crippen LogP contribution in [-0.2, 0) is 12.8 Å². The molecule has 0 atom stereocenters. The summed E-state index contributed by atoms with van der Waals surface area (Å²) in [6.45, 7) is 2.02. The zero-order chi connectivity index (χ0) is 31.6. The highest BCUT2D eigenvalue weighted by Gasteiger charge is 2.39. The number of carboxylic acids is 1. The lowest BCUT2D eigenvalue weighted by Crippen LogP contribution is -2.16. The number of hydrogen-bond acceptors (Lipinski definition) is 5. The predicted octanol–water partition coefficient (Wildman–Crippen LogP) is 8.10. The van der Waals surface area contributed by atoms with Gasteiger partial charge >= 0.3 is 18.5 Å². The van der Waals surface area contributed by atoms with Crippen LogP contribution < -0.4 is 9.47 Å². The van der Waals surface area contributed by atoms with Gasteiger partial charge in [-0.1, -0.05) is 48.5 Å². The van der Waals surface area contributed by atoms with Crippen LogP contribution in [0.4, 0.5) is 26.3 Å². The lowest BCUT2D eigenvalue weighted by Gasteiger charge is -2.14. The molecule has 2 aromatic heterocycles. The van der Waals surface area contributed by atoms with Gasteiger partial charge in [-0.25, -0.2) is 14.5 Å². The Kier molecular flexibility index (Phi) is 8.05. The van der Waals surface area contributed by atoms with E-state index < -0.39 is 29.8 Å². The van der Waals surface area contributed by atoms with Gasteiger partial charge in [-0.2, -0.15) is 18.3 Å². The van der Waals surface area contributed by atoms with Crippen molar-refractivity contribution in [3.8, 4) is 39.7 Å². The summed E-state index contributed by atoms with van der Waals surface area (Å²) in [7, 11) is 0. The van der Waals surface area contributed by atoms with Crippen LogP contribution in [0.3, 0.4) is 0 Å².